The Morgan fingerprint density at radius 2 is 2.14 bits per heavy atom. The molecule has 1 unspecified atom stereocenters. The van der Waals surface area contributed by atoms with Crippen molar-refractivity contribution in [2.75, 3.05) is 7.11 Å². The molecule has 2 N–H and O–H groups in total. The van der Waals surface area contributed by atoms with Crippen molar-refractivity contribution >= 4 is 17.8 Å². The number of rotatable bonds is 7. The van der Waals surface area contributed by atoms with Gasteiger partial charge in [-0.15, -0.1) is 0 Å². The van der Waals surface area contributed by atoms with Crippen molar-refractivity contribution < 1.29 is 24.2 Å². The van der Waals surface area contributed by atoms with E-state index in [2.05, 4.69) is 15.2 Å². The highest BCUT2D eigenvalue weighted by molar-refractivity contribution is 5.97. The van der Waals surface area contributed by atoms with Gasteiger partial charge in [0.2, 0.25) is 0 Å². The lowest BCUT2D eigenvalue weighted by Gasteiger charge is -2.13. The van der Waals surface area contributed by atoms with E-state index < -0.39 is 23.9 Å². The average molecular weight is 297 g/mol. The molecule has 0 aliphatic rings. The highest BCUT2D eigenvalue weighted by atomic mass is 16.5. The molecule has 116 valence electrons. The summed E-state index contributed by atoms with van der Waals surface area (Å²) < 4.78 is 5.95. The molecule has 1 aromatic rings. The smallest absolute Gasteiger partial charge is 0.326 e. The minimum atomic E-state index is -1.20. The molecule has 0 fully saturated rings. The number of esters is 1. The Bertz CT molecular complexity index is 538. The Balaban J connectivity index is 2.76. The van der Waals surface area contributed by atoms with E-state index in [1.54, 1.807) is 7.05 Å². The third kappa shape index (κ3) is 4.59. The normalized spacial score (nSPS) is 11.8. The van der Waals surface area contributed by atoms with Gasteiger partial charge < -0.3 is 15.2 Å². The van der Waals surface area contributed by atoms with Crippen LogP contribution in [0.3, 0.4) is 0 Å². The molecule has 0 aliphatic heterocycles. The lowest BCUT2D eigenvalue weighted by atomic mass is 10.1. The monoisotopic (exact) mass is 297 g/mol. The van der Waals surface area contributed by atoms with Gasteiger partial charge in [0.05, 0.1) is 18.4 Å². The summed E-state index contributed by atoms with van der Waals surface area (Å²) in [7, 11) is 2.90. The van der Waals surface area contributed by atoms with Crippen molar-refractivity contribution in [2.45, 2.75) is 32.2 Å². The number of hydrogen-bond acceptors (Lipinski definition) is 5. The van der Waals surface area contributed by atoms with E-state index in [9.17, 15) is 14.4 Å². The third-order valence-electron chi connectivity index (χ3n) is 2.95. The zero-order valence-electron chi connectivity index (χ0n) is 12.3. The number of ether oxygens (including phenoxy) is 1. The molecule has 8 heteroatoms. The largest absolute Gasteiger partial charge is 0.480 e. The van der Waals surface area contributed by atoms with Crippen LogP contribution in [-0.2, 0) is 27.8 Å². The fourth-order valence-corrected chi connectivity index (χ4v) is 1.84. The zero-order valence-corrected chi connectivity index (χ0v) is 12.3. The van der Waals surface area contributed by atoms with Gasteiger partial charge in [-0.25, -0.2) is 4.79 Å². The Morgan fingerprint density at radius 3 is 2.67 bits per heavy atom. The van der Waals surface area contributed by atoms with Crippen LogP contribution < -0.4 is 5.32 Å². The minimum Gasteiger partial charge on any atom is -0.480 e. The van der Waals surface area contributed by atoms with E-state index in [0.717, 1.165) is 0 Å². The van der Waals surface area contributed by atoms with Crippen LogP contribution in [0.2, 0.25) is 0 Å². The average Bonchev–Trinajstić information content (AvgIpc) is 2.83. The number of nitrogens with zero attached hydrogens (tertiary/aromatic N) is 2. The summed E-state index contributed by atoms with van der Waals surface area (Å²) in [5.74, 6) is -2.24. The molecule has 1 rings (SSSR count). The topological polar surface area (TPSA) is 111 Å². The van der Waals surface area contributed by atoms with Gasteiger partial charge in [0.25, 0.3) is 5.91 Å². The first kappa shape index (κ1) is 16.7. The second kappa shape index (κ2) is 7.41. The quantitative estimate of drug-likeness (QED) is 0.692. The molecule has 0 aliphatic carbocycles. The molecule has 21 heavy (non-hydrogen) atoms. The molecular weight excluding hydrogens is 278 g/mol. The Kier molecular flexibility index (Phi) is 5.89. The predicted molar refractivity (Wildman–Crippen MR) is 72.7 cm³/mol. The fourth-order valence-electron chi connectivity index (χ4n) is 1.84. The van der Waals surface area contributed by atoms with E-state index >= 15 is 0 Å². The number of aliphatic carboxylic acids is 1. The molecule has 0 radical (unpaired) electrons. The van der Waals surface area contributed by atoms with Crippen molar-refractivity contribution in [1.29, 1.82) is 0 Å². The van der Waals surface area contributed by atoms with E-state index in [4.69, 9.17) is 5.11 Å². The van der Waals surface area contributed by atoms with E-state index in [-0.39, 0.29) is 12.8 Å². The van der Waals surface area contributed by atoms with Crippen LogP contribution in [0.25, 0.3) is 0 Å². The SMILES string of the molecule is CCc1nn(C)cc1C(=O)NC(CCC(=O)OC)C(=O)O. The van der Waals surface area contributed by atoms with Crippen molar-refractivity contribution in [2.24, 2.45) is 7.05 Å². The van der Waals surface area contributed by atoms with Crippen LogP contribution >= 0.6 is 0 Å². The lowest BCUT2D eigenvalue weighted by Crippen LogP contribution is -2.41. The van der Waals surface area contributed by atoms with Crippen LogP contribution in [-0.4, -0.2) is 45.9 Å². The molecule has 1 aromatic heterocycles. The number of aromatic nitrogens is 2. The van der Waals surface area contributed by atoms with Gasteiger partial charge in [0.1, 0.15) is 6.04 Å². The van der Waals surface area contributed by atoms with Crippen LogP contribution in [0.1, 0.15) is 35.8 Å². The Morgan fingerprint density at radius 1 is 1.48 bits per heavy atom. The molecule has 8 nitrogen and oxygen atoms in total. The molecule has 0 aromatic carbocycles. The summed E-state index contributed by atoms with van der Waals surface area (Å²) in [6, 6.07) is -1.15. The van der Waals surface area contributed by atoms with E-state index in [1.165, 1.54) is 18.0 Å². The number of methoxy groups -OCH3 is 1. The van der Waals surface area contributed by atoms with Crippen molar-refractivity contribution in [3.8, 4) is 0 Å². The molecular formula is C13H19N3O5. The second-order valence-electron chi connectivity index (χ2n) is 4.50. The molecule has 1 amide bonds. The number of amides is 1. The first-order chi connectivity index (χ1) is 9.88. The first-order valence-corrected chi connectivity index (χ1v) is 6.52. The van der Waals surface area contributed by atoms with Crippen molar-refractivity contribution in [3.05, 3.63) is 17.5 Å². The van der Waals surface area contributed by atoms with Gasteiger partial charge in [0, 0.05) is 19.7 Å². The number of carboxylic acids is 1. The molecule has 0 saturated heterocycles. The Hall–Kier alpha value is -2.38. The number of aryl methyl sites for hydroxylation is 2. The molecule has 0 bridgehead atoms. The van der Waals surface area contributed by atoms with Gasteiger partial charge in [-0.1, -0.05) is 6.92 Å². The summed E-state index contributed by atoms with van der Waals surface area (Å²) in [4.78, 5) is 34.3. The zero-order chi connectivity index (χ0) is 16.0. The molecule has 0 saturated carbocycles. The van der Waals surface area contributed by atoms with Gasteiger partial charge in [-0.05, 0) is 12.8 Å². The number of carbonyl (C=O) groups is 3. The van der Waals surface area contributed by atoms with Crippen LogP contribution in [0.5, 0.6) is 0 Å². The van der Waals surface area contributed by atoms with Gasteiger partial charge in [-0.2, -0.15) is 5.10 Å². The fraction of sp³-hybridized carbons (Fsp3) is 0.538. The predicted octanol–water partition coefficient (Wildman–Crippen LogP) is 0.119. The maximum Gasteiger partial charge on any atom is 0.326 e. The van der Waals surface area contributed by atoms with Crippen molar-refractivity contribution in [1.82, 2.24) is 15.1 Å². The molecule has 1 atom stereocenters. The third-order valence-corrected chi connectivity index (χ3v) is 2.95. The van der Waals surface area contributed by atoms with Gasteiger partial charge >= 0.3 is 11.9 Å². The number of nitrogens with one attached hydrogen (secondary N) is 1. The maximum atomic E-state index is 12.1. The lowest BCUT2D eigenvalue weighted by molar-refractivity contribution is -0.142. The van der Waals surface area contributed by atoms with Crippen molar-refractivity contribution in [3.63, 3.8) is 0 Å². The maximum absolute atomic E-state index is 12.1. The number of hydrogen-bond donors (Lipinski definition) is 2. The summed E-state index contributed by atoms with van der Waals surface area (Å²) in [6.07, 6.45) is 1.98. The summed E-state index contributed by atoms with van der Waals surface area (Å²) >= 11 is 0. The molecule has 0 spiro atoms. The van der Waals surface area contributed by atoms with E-state index in [0.29, 0.717) is 17.7 Å². The van der Waals surface area contributed by atoms with Crippen LogP contribution in [0, 0.1) is 0 Å². The number of carbonyl (C=O) groups excluding carboxylic acids is 2. The summed E-state index contributed by atoms with van der Waals surface area (Å²) in [6.45, 7) is 1.85. The molecule has 1 heterocycles. The standard InChI is InChI=1S/C13H19N3O5/c1-4-9-8(7-16(2)15-9)12(18)14-10(13(19)20)5-6-11(17)21-3/h7,10H,4-6H2,1-3H3,(H,14,18)(H,19,20). The number of carboxylic acid groups (broad SMARTS) is 1. The second-order valence-corrected chi connectivity index (χ2v) is 4.50. The highest BCUT2D eigenvalue weighted by Crippen LogP contribution is 2.08. The van der Waals surface area contributed by atoms with Gasteiger partial charge in [-0.3, -0.25) is 14.3 Å². The summed E-state index contributed by atoms with van der Waals surface area (Å²) in [5.41, 5.74) is 0.927. The first-order valence-electron chi connectivity index (χ1n) is 6.52. The Labute approximate surface area is 122 Å². The highest BCUT2D eigenvalue weighted by Gasteiger charge is 2.24. The van der Waals surface area contributed by atoms with Crippen LogP contribution in [0.15, 0.2) is 6.20 Å². The van der Waals surface area contributed by atoms with E-state index in [1.807, 2.05) is 6.92 Å². The minimum absolute atomic E-state index is 0.0323. The van der Waals surface area contributed by atoms with Gasteiger partial charge in [0.15, 0.2) is 0 Å². The summed E-state index contributed by atoms with van der Waals surface area (Å²) in [5, 5.41) is 15.6. The van der Waals surface area contributed by atoms with Crippen LogP contribution in [0.4, 0.5) is 0 Å².